The first kappa shape index (κ1) is 21.4. The molecular weight excluding hydrogens is 359 g/mol. The van der Waals surface area contributed by atoms with E-state index in [2.05, 4.69) is 4.74 Å². The number of carbonyl (C=O) groups is 2. The van der Waals surface area contributed by atoms with Gasteiger partial charge in [-0.2, -0.15) is 13.2 Å². The minimum absolute atomic E-state index is 0.159. The van der Waals surface area contributed by atoms with E-state index in [1.54, 1.807) is 5.32 Å². The zero-order valence-electron chi connectivity index (χ0n) is 14.7. The minimum Gasteiger partial charge on any atom is -0.496 e. The second-order valence-corrected chi connectivity index (χ2v) is 5.16. The van der Waals surface area contributed by atoms with Gasteiger partial charge in [0.15, 0.2) is 0 Å². The first-order valence-corrected chi connectivity index (χ1v) is 7.39. The van der Waals surface area contributed by atoms with Gasteiger partial charge in [0.2, 0.25) is 0 Å². The number of halogens is 3. The second-order valence-electron chi connectivity index (χ2n) is 5.16. The Morgan fingerprint density at radius 3 is 1.96 bits per heavy atom. The van der Waals surface area contributed by atoms with Gasteiger partial charge in [0.05, 0.1) is 34.9 Å². The number of hydrogen-bond acceptors (Lipinski definition) is 6. The van der Waals surface area contributed by atoms with Crippen molar-refractivity contribution in [3.05, 3.63) is 17.7 Å². The summed E-state index contributed by atoms with van der Waals surface area (Å²) in [4.78, 5) is 22.8. The molecule has 0 spiro atoms. The Bertz CT molecular complexity index is 622. The topological polar surface area (TPSA) is 83.1 Å². The van der Waals surface area contributed by atoms with Crippen molar-refractivity contribution in [1.82, 2.24) is 5.32 Å². The Kier molecular flexibility index (Phi) is 7.54. The Labute approximate surface area is 148 Å². The monoisotopic (exact) mass is 379 g/mol. The summed E-state index contributed by atoms with van der Waals surface area (Å²) in [6, 6.07) is 1.84. The van der Waals surface area contributed by atoms with Crippen molar-refractivity contribution in [3.8, 4) is 17.2 Å². The third-order valence-electron chi connectivity index (χ3n) is 3.50. The fourth-order valence-corrected chi connectivity index (χ4v) is 2.25. The Morgan fingerprint density at radius 2 is 1.58 bits per heavy atom. The third-order valence-corrected chi connectivity index (χ3v) is 3.50. The lowest BCUT2D eigenvalue weighted by Crippen LogP contribution is -2.45. The summed E-state index contributed by atoms with van der Waals surface area (Å²) >= 11 is 0. The van der Waals surface area contributed by atoms with Crippen molar-refractivity contribution in [2.24, 2.45) is 0 Å². The molecule has 1 aromatic rings. The lowest BCUT2D eigenvalue weighted by Gasteiger charge is -2.22. The number of ether oxygens (including phenoxy) is 4. The molecule has 0 saturated heterocycles. The van der Waals surface area contributed by atoms with Gasteiger partial charge in [0.25, 0.3) is 0 Å². The van der Waals surface area contributed by atoms with Crippen LogP contribution >= 0.6 is 0 Å². The van der Waals surface area contributed by atoms with Crippen LogP contribution in [0.1, 0.15) is 12.0 Å². The molecule has 1 N–H and O–H groups in total. The van der Waals surface area contributed by atoms with Gasteiger partial charge in [0, 0.05) is 30.2 Å². The number of rotatable bonds is 8. The SMILES string of the molecule is COC(=O)C[C@@H](Cc1c(OC)cc(OC)cc1OC)NC(=O)C(F)(F)F. The highest BCUT2D eigenvalue weighted by atomic mass is 19.4. The van der Waals surface area contributed by atoms with Gasteiger partial charge in [-0.3, -0.25) is 9.59 Å². The summed E-state index contributed by atoms with van der Waals surface area (Å²) in [5.41, 5.74) is 0.368. The van der Waals surface area contributed by atoms with Gasteiger partial charge in [-0.1, -0.05) is 0 Å². The molecule has 0 unspecified atom stereocenters. The van der Waals surface area contributed by atoms with E-state index in [0.29, 0.717) is 11.3 Å². The van der Waals surface area contributed by atoms with Gasteiger partial charge < -0.3 is 24.3 Å². The fraction of sp³-hybridized carbons (Fsp3) is 0.500. The first-order valence-electron chi connectivity index (χ1n) is 7.39. The summed E-state index contributed by atoms with van der Waals surface area (Å²) in [6.45, 7) is 0. The molecule has 0 fully saturated rings. The molecule has 0 bridgehead atoms. The summed E-state index contributed by atoms with van der Waals surface area (Å²) < 4.78 is 57.7. The van der Waals surface area contributed by atoms with Gasteiger partial charge in [0.1, 0.15) is 17.2 Å². The van der Waals surface area contributed by atoms with E-state index in [1.807, 2.05) is 0 Å². The quantitative estimate of drug-likeness (QED) is 0.695. The number of benzene rings is 1. The van der Waals surface area contributed by atoms with E-state index in [1.165, 1.54) is 33.5 Å². The van der Waals surface area contributed by atoms with Crippen LogP contribution in [-0.2, 0) is 20.7 Å². The maximum Gasteiger partial charge on any atom is 0.471 e. The molecule has 0 heterocycles. The predicted molar refractivity (Wildman–Crippen MR) is 84.4 cm³/mol. The van der Waals surface area contributed by atoms with Crippen LogP contribution < -0.4 is 19.5 Å². The van der Waals surface area contributed by atoms with Crippen molar-refractivity contribution < 1.29 is 41.7 Å². The molecule has 1 rings (SSSR count). The smallest absolute Gasteiger partial charge is 0.471 e. The fourth-order valence-electron chi connectivity index (χ4n) is 2.25. The number of nitrogens with one attached hydrogen (secondary N) is 1. The summed E-state index contributed by atoms with van der Waals surface area (Å²) in [5.74, 6) is -1.97. The molecule has 7 nitrogen and oxygen atoms in total. The van der Waals surface area contributed by atoms with Crippen molar-refractivity contribution in [2.75, 3.05) is 28.4 Å². The van der Waals surface area contributed by atoms with E-state index in [0.717, 1.165) is 7.11 Å². The van der Waals surface area contributed by atoms with E-state index in [-0.39, 0.29) is 17.9 Å². The third kappa shape index (κ3) is 5.71. The molecule has 0 aliphatic heterocycles. The van der Waals surface area contributed by atoms with Gasteiger partial charge in [-0.15, -0.1) is 0 Å². The van der Waals surface area contributed by atoms with Crippen LogP contribution in [-0.4, -0.2) is 52.5 Å². The second kappa shape index (κ2) is 9.16. The Morgan fingerprint density at radius 1 is 1.04 bits per heavy atom. The summed E-state index contributed by atoms with van der Waals surface area (Å²) in [6.07, 6.45) is -5.70. The normalized spacial score (nSPS) is 12.1. The molecule has 1 aromatic carbocycles. The van der Waals surface area contributed by atoms with Crippen LogP contribution in [0.15, 0.2) is 12.1 Å². The molecular formula is C16H20F3NO6. The summed E-state index contributed by atoms with van der Waals surface area (Å²) in [7, 11) is 5.25. The molecule has 26 heavy (non-hydrogen) atoms. The van der Waals surface area contributed by atoms with Crippen molar-refractivity contribution in [2.45, 2.75) is 25.1 Å². The minimum atomic E-state index is -5.08. The van der Waals surface area contributed by atoms with Crippen LogP contribution in [0.3, 0.4) is 0 Å². The molecule has 0 saturated carbocycles. The van der Waals surface area contributed by atoms with E-state index >= 15 is 0 Å². The number of alkyl halides is 3. The molecule has 0 aliphatic carbocycles. The van der Waals surface area contributed by atoms with Crippen molar-refractivity contribution in [3.63, 3.8) is 0 Å². The van der Waals surface area contributed by atoms with Crippen LogP contribution in [0.4, 0.5) is 13.2 Å². The molecule has 1 atom stereocenters. The average molecular weight is 379 g/mol. The van der Waals surface area contributed by atoms with Gasteiger partial charge in [-0.05, 0) is 0 Å². The molecule has 10 heteroatoms. The number of carbonyl (C=O) groups excluding carboxylic acids is 2. The number of hydrogen-bond donors (Lipinski definition) is 1. The largest absolute Gasteiger partial charge is 0.496 e. The highest BCUT2D eigenvalue weighted by Gasteiger charge is 2.40. The first-order chi connectivity index (χ1) is 12.2. The van der Waals surface area contributed by atoms with Crippen molar-refractivity contribution in [1.29, 1.82) is 0 Å². The van der Waals surface area contributed by atoms with E-state index in [9.17, 15) is 22.8 Å². The standard InChI is InChI=1S/C16H20F3NO6/c1-23-10-7-12(24-2)11(13(8-10)25-3)5-9(6-14(21)26-4)20-15(22)16(17,18)19/h7-9H,5-6H2,1-4H3,(H,20,22)/t9-/m1/s1. The van der Waals surface area contributed by atoms with Gasteiger partial charge >= 0.3 is 18.1 Å². The highest BCUT2D eigenvalue weighted by Crippen LogP contribution is 2.35. The Balaban J connectivity index is 3.20. The molecule has 0 aliphatic rings. The van der Waals surface area contributed by atoms with Gasteiger partial charge in [-0.25, -0.2) is 0 Å². The number of amides is 1. The lowest BCUT2D eigenvalue weighted by molar-refractivity contribution is -0.174. The van der Waals surface area contributed by atoms with Crippen LogP contribution in [0.2, 0.25) is 0 Å². The van der Waals surface area contributed by atoms with Crippen molar-refractivity contribution >= 4 is 11.9 Å². The maximum atomic E-state index is 12.6. The lowest BCUT2D eigenvalue weighted by atomic mass is 10.0. The number of esters is 1. The molecule has 0 radical (unpaired) electrons. The Hall–Kier alpha value is -2.65. The maximum absolute atomic E-state index is 12.6. The van der Waals surface area contributed by atoms with E-state index < -0.39 is 30.5 Å². The molecule has 0 aromatic heterocycles. The van der Waals surface area contributed by atoms with Crippen LogP contribution in [0.25, 0.3) is 0 Å². The predicted octanol–water partition coefficient (Wildman–Crippen LogP) is 1.87. The number of methoxy groups -OCH3 is 4. The highest BCUT2D eigenvalue weighted by molar-refractivity contribution is 5.82. The zero-order chi connectivity index (χ0) is 19.9. The molecule has 146 valence electrons. The average Bonchev–Trinajstić information content (AvgIpc) is 2.60. The summed E-state index contributed by atoms with van der Waals surface area (Å²) in [5, 5.41) is 1.79. The van der Waals surface area contributed by atoms with Crippen LogP contribution in [0.5, 0.6) is 17.2 Å². The van der Waals surface area contributed by atoms with E-state index in [4.69, 9.17) is 14.2 Å². The molecule has 1 amide bonds. The van der Waals surface area contributed by atoms with Crippen LogP contribution in [0, 0.1) is 0 Å². The zero-order valence-corrected chi connectivity index (χ0v) is 14.7.